The van der Waals surface area contributed by atoms with Gasteiger partial charge in [-0.25, -0.2) is 19.9 Å². The number of hydrogen-bond acceptors (Lipinski definition) is 6. The maximum atomic E-state index is 4.66. The van der Waals surface area contributed by atoms with Gasteiger partial charge in [0, 0.05) is 44.6 Å². The van der Waals surface area contributed by atoms with Crippen LogP contribution in [0.1, 0.15) is 30.4 Å². The number of aryl methyl sites for hydroxylation is 2. The summed E-state index contributed by atoms with van der Waals surface area (Å²) in [6.45, 7) is 2.87. The summed E-state index contributed by atoms with van der Waals surface area (Å²) in [6.07, 6.45) is 11.1. The number of anilines is 1. The van der Waals surface area contributed by atoms with Crippen molar-refractivity contribution >= 4 is 5.82 Å². The molecule has 3 aromatic heterocycles. The lowest BCUT2D eigenvalue weighted by Crippen LogP contribution is -2.25. The van der Waals surface area contributed by atoms with E-state index in [4.69, 9.17) is 0 Å². The van der Waals surface area contributed by atoms with Crippen LogP contribution in [0.3, 0.4) is 0 Å². The Morgan fingerprint density at radius 2 is 1.92 bits per heavy atom. The third-order valence-electron chi connectivity index (χ3n) is 4.38. The first-order chi connectivity index (χ1) is 11.7. The standard InChI is InChI=1S/C17H19N7/c1-12-18-6-5-14(22-12)24-10-3-4-13(24)15-16(20-8-7-19-15)17-21-9-11-23(17)2/h5-9,11,13H,3-4,10H2,1-2H3/t13-/m0/s1. The van der Waals surface area contributed by atoms with Gasteiger partial charge >= 0.3 is 0 Å². The maximum Gasteiger partial charge on any atom is 0.160 e. The Hall–Kier alpha value is -2.83. The monoisotopic (exact) mass is 321 g/mol. The van der Waals surface area contributed by atoms with Gasteiger partial charge in [-0.2, -0.15) is 0 Å². The number of imidazole rings is 1. The van der Waals surface area contributed by atoms with Crippen molar-refractivity contribution in [2.24, 2.45) is 7.05 Å². The molecule has 0 saturated carbocycles. The lowest BCUT2D eigenvalue weighted by atomic mass is 10.1. The van der Waals surface area contributed by atoms with Crippen LogP contribution < -0.4 is 4.90 Å². The van der Waals surface area contributed by atoms with Gasteiger partial charge in [-0.1, -0.05) is 0 Å². The van der Waals surface area contributed by atoms with E-state index in [0.29, 0.717) is 0 Å². The average molecular weight is 321 g/mol. The van der Waals surface area contributed by atoms with Gasteiger partial charge in [0.25, 0.3) is 0 Å². The van der Waals surface area contributed by atoms with Crippen molar-refractivity contribution in [2.75, 3.05) is 11.4 Å². The Balaban J connectivity index is 1.77. The van der Waals surface area contributed by atoms with E-state index in [1.54, 1.807) is 18.6 Å². The molecule has 0 spiro atoms. The number of hydrogen-bond donors (Lipinski definition) is 0. The second kappa shape index (κ2) is 5.99. The fourth-order valence-corrected chi connectivity index (χ4v) is 3.29. The molecule has 24 heavy (non-hydrogen) atoms. The van der Waals surface area contributed by atoms with Gasteiger partial charge < -0.3 is 9.47 Å². The summed E-state index contributed by atoms with van der Waals surface area (Å²) in [5.74, 6) is 2.56. The fourth-order valence-electron chi connectivity index (χ4n) is 3.29. The first-order valence-electron chi connectivity index (χ1n) is 8.09. The molecule has 1 saturated heterocycles. The van der Waals surface area contributed by atoms with Gasteiger partial charge in [0.15, 0.2) is 5.82 Å². The van der Waals surface area contributed by atoms with Crippen LogP contribution in [0.15, 0.2) is 37.1 Å². The van der Waals surface area contributed by atoms with Crippen molar-refractivity contribution in [3.8, 4) is 11.5 Å². The predicted octanol–water partition coefficient (Wildman–Crippen LogP) is 2.32. The van der Waals surface area contributed by atoms with Gasteiger partial charge in [0.2, 0.25) is 0 Å². The second-order valence-electron chi connectivity index (χ2n) is 5.97. The van der Waals surface area contributed by atoms with Crippen LogP contribution in [-0.2, 0) is 7.05 Å². The highest BCUT2D eigenvalue weighted by Gasteiger charge is 2.31. The third-order valence-corrected chi connectivity index (χ3v) is 4.38. The minimum Gasteiger partial charge on any atom is -0.348 e. The fraction of sp³-hybridized carbons (Fsp3) is 0.353. The summed E-state index contributed by atoms with van der Waals surface area (Å²) < 4.78 is 1.97. The van der Waals surface area contributed by atoms with Crippen LogP contribution in [0, 0.1) is 6.92 Å². The Morgan fingerprint density at radius 3 is 2.71 bits per heavy atom. The summed E-state index contributed by atoms with van der Waals surface area (Å²) in [5.41, 5.74) is 1.80. The molecule has 0 bridgehead atoms. The van der Waals surface area contributed by atoms with Gasteiger partial charge in [-0.15, -0.1) is 0 Å². The van der Waals surface area contributed by atoms with Crippen molar-refractivity contribution < 1.29 is 0 Å². The van der Waals surface area contributed by atoms with Gasteiger partial charge in [-0.3, -0.25) is 4.98 Å². The number of aromatic nitrogens is 6. The number of rotatable bonds is 3. The zero-order chi connectivity index (χ0) is 16.5. The summed E-state index contributed by atoms with van der Waals surface area (Å²) in [4.78, 5) is 24.8. The molecule has 3 aromatic rings. The summed E-state index contributed by atoms with van der Waals surface area (Å²) in [5, 5.41) is 0. The van der Waals surface area contributed by atoms with E-state index in [0.717, 1.165) is 48.2 Å². The van der Waals surface area contributed by atoms with Crippen LogP contribution in [0.2, 0.25) is 0 Å². The van der Waals surface area contributed by atoms with Crippen molar-refractivity contribution in [3.63, 3.8) is 0 Å². The van der Waals surface area contributed by atoms with E-state index in [1.807, 2.05) is 37.0 Å². The first kappa shape index (κ1) is 14.7. The molecule has 0 aromatic carbocycles. The van der Waals surface area contributed by atoms with Gasteiger partial charge in [0.05, 0.1) is 11.7 Å². The van der Waals surface area contributed by atoms with Crippen molar-refractivity contribution in [1.82, 2.24) is 29.5 Å². The molecule has 0 amide bonds. The molecule has 7 heteroatoms. The molecule has 122 valence electrons. The van der Waals surface area contributed by atoms with Crippen LogP contribution in [0.5, 0.6) is 0 Å². The van der Waals surface area contributed by atoms with Crippen molar-refractivity contribution in [2.45, 2.75) is 25.8 Å². The smallest absolute Gasteiger partial charge is 0.160 e. The molecular weight excluding hydrogens is 302 g/mol. The maximum absolute atomic E-state index is 4.66. The Labute approximate surface area is 140 Å². The molecule has 1 aliphatic rings. The van der Waals surface area contributed by atoms with E-state index < -0.39 is 0 Å². The SMILES string of the molecule is Cc1nccc(N2CCC[C@H]2c2nccnc2-c2nccn2C)n1. The van der Waals surface area contributed by atoms with E-state index >= 15 is 0 Å². The Bertz CT molecular complexity index is 857. The zero-order valence-electron chi connectivity index (χ0n) is 13.8. The minimum atomic E-state index is 0.152. The first-order valence-corrected chi connectivity index (χ1v) is 8.09. The van der Waals surface area contributed by atoms with Crippen molar-refractivity contribution in [1.29, 1.82) is 0 Å². The second-order valence-corrected chi connectivity index (χ2v) is 5.97. The molecule has 0 N–H and O–H groups in total. The Kier molecular flexibility index (Phi) is 3.68. The highest BCUT2D eigenvalue weighted by Crippen LogP contribution is 2.37. The summed E-state index contributed by atoms with van der Waals surface area (Å²) >= 11 is 0. The normalized spacial score (nSPS) is 17.4. The molecule has 1 fully saturated rings. The topological polar surface area (TPSA) is 72.6 Å². The van der Waals surface area contributed by atoms with Crippen LogP contribution in [0.25, 0.3) is 11.5 Å². The van der Waals surface area contributed by atoms with E-state index in [2.05, 4.69) is 29.8 Å². The summed E-state index contributed by atoms with van der Waals surface area (Å²) in [7, 11) is 1.97. The third kappa shape index (κ3) is 2.51. The Morgan fingerprint density at radius 1 is 1.04 bits per heavy atom. The summed E-state index contributed by atoms with van der Waals surface area (Å²) in [6, 6.07) is 2.11. The van der Waals surface area contributed by atoms with Crippen LogP contribution >= 0.6 is 0 Å². The predicted molar refractivity (Wildman–Crippen MR) is 90.3 cm³/mol. The van der Waals surface area contributed by atoms with E-state index in [-0.39, 0.29) is 6.04 Å². The molecule has 1 atom stereocenters. The lowest BCUT2D eigenvalue weighted by Gasteiger charge is -2.26. The molecule has 1 aliphatic heterocycles. The highest BCUT2D eigenvalue weighted by molar-refractivity contribution is 5.56. The molecule has 0 radical (unpaired) electrons. The molecule has 7 nitrogen and oxygen atoms in total. The average Bonchev–Trinajstić information content (AvgIpc) is 3.23. The highest BCUT2D eigenvalue weighted by atomic mass is 15.2. The van der Waals surface area contributed by atoms with Crippen LogP contribution in [-0.4, -0.2) is 36.0 Å². The van der Waals surface area contributed by atoms with E-state index in [9.17, 15) is 0 Å². The molecule has 4 rings (SSSR count). The lowest BCUT2D eigenvalue weighted by molar-refractivity contribution is 0.681. The minimum absolute atomic E-state index is 0.152. The number of nitrogens with zero attached hydrogens (tertiary/aromatic N) is 7. The molecule has 4 heterocycles. The quantitative estimate of drug-likeness (QED) is 0.737. The zero-order valence-corrected chi connectivity index (χ0v) is 13.8. The van der Waals surface area contributed by atoms with E-state index in [1.165, 1.54) is 0 Å². The van der Waals surface area contributed by atoms with Crippen molar-refractivity contribution in [3.05, 3.63) is 48.6 Å². The molecule has 0 unspecified atom stereocenters. The largest absolute Gasteiger partial charge is 0.348 e. The van der Waals surface area contributed by atoms with Crippen LogP contribution in [0.4, 0.5) is 5.82 Å². The molecule has 0 aliphatic carbocycles. The van der Waals surface area contributed by atoms with Gasteiger partial charge in [0.1, 0.15) is 17.3 Å². The van der Waals surface area contributed by atoms with Gasteiger partial charge in [-0.05, 0) is 25.8 Å². The molecular formula is C17H19N7.